The third-order valence-electron chi connectivity index (χ3n) is 2.57. The molecule has 7 heteroatoms. The lowest BCUT2D eigenvalue weighted by molar-refractivity contribution is 0.0692. The normalized spacial score (nSPS) is 10.4. The minimum Gasteiger partial charge on any atom is -0.502 e. The first-order valence-electron chi connectivity index (χ1n) is 5.14. The first-order valence-corrected chi connectivity index (χ1v) is 5.14. The van der Waals surface area contributed by atoms with E-state index in [1.54, 1.807) is 0 Å². The van der Waals surface area contributed by atoms with Crippen LogP contribution in [-0.4, -0.2) is 30.4 Å². The molecule has 7 nitrogen and oxygen atoms in total. The molecular formula is C12H10O7. The number of phenolic OH excluding ortho intramolecular Hbond substituents is 1. The van der Waals surface area contributed by atoms with Gasteiger partial charge < -0.3 is 24.1 Å². The fourth-order valence-electron chi connectivity index (χ4n) is 1.69. The van der Waals surface area contributed by atoms with E-state index in [0.29, 0.717) is 0 Å². The maximum absolute atomic E-state index is 11.5. The van der Waals surface area contributed by atoms with E-state index in [1.807, 2.05) is 0 Å². The molecule has 100 valence electrons. The molecule has 0 spiro atoms. The summed E-state index contributed by atoms with van der Waals surface area (Å²) in [5.74, 6) is -1.75. The van der Waals surface area contributed by atoms with Gasteiger partial charge in [0.05, 0.1) is 14.2 Å². The number of hydrogen-bond donors (Lipinski definition) is 2. The van der Waals surface area contributed by atoms with Crippen LogP contribution in [0.15, 0.2) is 21.3 Å². The molecule has 0 fully saturated rings. The zero-order valence-corrected chi connectivity index (χ0v) is 10.1. The van der Waals surface area contributed by atoms with Gasteiger partial charge in [0.25, 0.3) is 0 Å². The smallest absolute Gasteiger partial charge is 0.351 e. The summed E-state index contributed by atoms with van der Waals surface area (Å²) < 4.78 is 14.8. The molecule has 1 aromatic heterocycles. The molecule has 0 saturated carbocycles. The van der Waals surface area contributed by atoms with Crippen molar-refractivity contribution in [3.8, 4) is 17.2 Å². The van der Waals surface area contributed by atoms with Crippen LogP contribution >= 0.6 is 0 Å². The van der Waals surface area contributed by atoms with Gasteiger partial charge in [-0.3, -0.25) is 0 Å². The highest BCUT2D eigenvalue weighted by molar-refractivity contribution is 5.94. The second-order valence-electron chi connectivity index (χ2n) is 3.63. The number of benzene rings is 1. The molecule has 0 aliphatic heterocycles. The zero-order valence-electron chi connectivity index (χ0n) is 10.1. The van der Waals surface area contributed by atoms with Gasteiger partial charge in [0.2, 0.25) is 11.5 Å². The van der Waals surface area contributed by atoms with Gasteiger partial charge in [-0.2, -0.15) is 0 Å². The number of carbonyl (C=O) groups is 1. The van der Waals surface area contributed by atoms with Crippen LogP contribution in [0.5, 0.6) is 17.2 Å². The van der Waals surface area contributed by atoms with Crippen molar-refractivity contribution >= 4 is 16.9 Å². The number of phenols is 1. The summed E-state index contributed by atoms with van der Waals surface area (Å²) in [7, 11) is 2.61. The summed E-state index contributed by atoms with van der Waals surface area (Å²) in [5.41, 5.74) is -1.58. The molecule has 0 radical (unpaired) electrons. The first-order chi connectivity index (χ1) is 8.99. The van der Waals surface area contributed by atoms with Gasteiger partial charge in [0.1, 0.15) is 5.56 Å². The van der Waals surface area contributed by atoms with Gasteiger partial charge in [-0.05, 0) is 12.1 Å². The third kappa shape index (κ3) is 1.95. The molecular weight excluding hydrogens is 256 g/mol. The zero-order chi connectivity index (χ0) is 14.2. The number of methoxy groups -OCH3 is 2. The van der Waals surface area contributed by atoms with E-state index >= 15 is 0 Å². The summed E-state index contributed by atoms with van der Waals surface area (Å²) in [6.45, 7) is 0. The Bertz CT molecular complexity index is 714. The molecule has 1 heterocycles. The Balaban J connectivity index is 2.91. The molecule has 1 aromatic carbocycles. The summed E-state index contributed by atoms with van der Waals surface area (Å²) >= 11 is 0. The Hall–Kier alpha value is -2.70. The van der Waals surface area contributed by atoms with E-state index in [0.717, 1.165) is 6.07 Å². The van der Waals surface area contributed by atoms with Crippen molar-refractivity contribution in [1.29, 1.82) is 0 Å². The number of carboxylic acids is 1. The highest BCUT2D eigenvalue weighted by Crippen LogP contribution is 2.42. The maximum atomic E-state index is 11.5. The summed E-state index contributed by atoms with van der Waals surface area (Å²) in [6, 6.07) is 2.48. The summed E-state index contributed by atoms with van der Waals surface area (Å²) in [5, 5.41) is 19.0. The van der Waals surface area contributed by atoms with Crippen LogP contribution in [0.3, 0.4) is 0 Å². The maximum Gasteiger partial charge on any atom is 0.351 e. The van der Waals surface area contributed by atoms with Gasteiger partial charge in [-0.15, -0.1) is 0 Å². The predicted octanol–water partition coefficient (Wildman–Crippen LogP) is 1.21. The number of aromatic hydroxyl groups is 1. The van der Waals surface area contributed by atoms with Crippen molar-refractivity contribution in [3.05, 3.63) is 28.1 Å². The van der Waals surface area contributed by atoms with Crippen molar-refractivity contribution in [2.24, 2.45) is 0 Å². The lowest BCUT2D eigenvalue weighted by atomic mass is 10.1. The van der Waals surface area contributed by atoms with Crippen LogP contribution < -0.4 is 15.1 Å². The van der Waals surface area contributed by atoms with E-state index in [2.05, 4.69) is 0 Å². The molecule has 0 bridgehead atoms. The molecule has 0 atom stereocenters. The minimum absolute atomic E-state index is 0.0456. The van der Waals surface area contributed by atoms with E-state index in [1.165, 1.54) is 20.3 Å². The Labute approximate surface area is 106 Å². The predicted molar refractivity (Wildman–Crippen MR) is 64.2 cm³/mol. The molecule has 0 aliphatic rings. The van der Waals surface area contributed by atoms with Crippen molar-refractivity contribution in [3.63, 3.8) is 0 Å². The lowest BCUT2D eigenvalue weighted by Crippen LogP contribution is -2.13. The number of carboxylic acid groups (broad SMARTS) is 1. The van der Waals surface area contributed by atoms with Crippen LogP contribution in [0.1, 0.15) is 10.4 Å². The van der Waals surface area contributed by atoms with Crippen LogP contribution in [0.25, 0.3) is 11.0 Å². The molecule has 2 rings (SSSR count). The van der Waals surface area contributed by atoms with E-state index in [-0.39, 0.29) is 28.2 Å². The van der Waals surface area contributed by atoms with Crippen molar-refractivity contribution in [2.75, 3.05) is 14.2 Å². The molecule has 0 saturated heterocycles. The molecule has 2 aromatic rings. The van der Waals surface area contributed by atoms with E-state index in [9.17, 15) is 14.7 Å². The number of aromatic carboxylic acids is 1. The van der Waals surface area contributed by atoms with Gasteiger partial charge in [-0.1, -0.05) is 0 Å². The van der Waals surface area contributed by atoms with Crippen LogP contribution in [0.2, 0.25) is 0 Å². The standard InChI is InChI=1S/C12H10O7/c1-17-7-4-5-3-6(11(14)15)12(16)19-9(5)10(18-2)8(7)13/h3-4,13H,1-2H3,(H,14,15). The SMILES string of the molecule is COc1cc2cc(C(=O)O)c(=O)oc2c(OC)c1O. The lowest BCUT2D eigenvalue weighted by Gasteiger charge is -2.10. The molecule has 2 N–H and O–H groups in total. The Morgan fingerprint density at radius 1 is 1.26 bits per heavy atom. The highest BCUT2D eigenvalue weighted by atomic mass is 16.5. The number of ether oxygens (including phenoxy) is 2. The van der Waals surface area contributed by atoms with Crippen molar-refractivity contribution in [1.82, 2.24) is 0 Å². The average Bonchev–Trinajstić information content (AvgIpc) is 2.37. The largest absolute Gasteiger partial charge is 0.502 e. The Morgan fingerprint density at radius 2 is 1.95 bits per heavy atom. The van der Waals surface area contributed by atoms with E-state index in [4.69, 9.17) is 19.0 Å². The summed E-state index contributed by atoms with van der Waals surface area (Å²) in [6.07, 6.45) is 0. The van der Waals surface area contributed by atoms with Crippen LogP contribution in [-0.2, 0) is 0 Å². The summed E-state index contributed by atoms with van der Waals surface area (Å²) in [4.78, 5) is 22.4. The average molecular weight is 266 g/mol. The van der Waals surface area contributed by atoms with Crippen LogP contribution in [0, 0.1) is 0 Å². The second-order valence-corrected chi connectivity index (χ2v) is 3.63. The number of rotatable bonds is 3. The topological polar surface area (TPSA) is 106 Å². The number of fused-ring (bicyclic) bond motifs is 1. The Kier molecular flexibility index (Phi) is 3.04. The van der Waals surface area contributed by atoms with Crippen molar-refractivity contribution < 1.29 is 28.9 Å². The molecule has 0 unspecified atom stereocenters. The van der Waals surface area contributed by atoms with E-state index < -0.39 is 17.2 Å². The van der Waals surface area contributed by atoms with Gasteiger partial charge in [0.15, 0.2) is 11.3 Å². The fourth-order valence-corrected chi connectivity index (χ4v) is 1.69. The first kappa shape index (κ1) is 12.7. The number of hydrogen-bond acceptors (Lipinski definition) is 6. The van der Waals surface area contributed by atoms with Crippen molar-refractivity contribution in [2.45, 2.75) is 0 Å². The quantitative estimate of drug-likeness (QED) is 0.804. The Morgan fingerprint density at radius 3 is 2.47 bits per heavy atom. The third-order valence-corrected chi connectivity index (χ3v) is 2.57. The highest BCUT2D eigenvalue weighted by Gasteiger charge is 2.20. The monoisotopic (exact) mass is 266 g/mol. The molecule has 0 aliphatic carbocycles. The van der Waals surface area contributed by atoms with Gasteiger partial charge in [-0.25, -0.2) is 9.59 Å². The molecule has 19 heavy (non-hydrogen) atoms. The van der Waals surface area contributed by atoms with Gasteiger partial charge in [0, 0.05) is 5.39 Å². The molecule has 0 amide bonds. The fraction of sp³-hybridized carbons (Fsp3) is 0.167. The minimum atomic E-state index is -1.40. The second kappa shape index (κ2) is 4.52. The van der Waals surface area contributed by atoms with Gasteiger partial charge >= 0.3 is 11.6 Å². The van der Waals surface area contributed by atoms with Crippen LogP contribution in [0.4, 0.5) is 0 Å².